The lowest BCUT2D eigenvalue weighted by Crippen LogP contribution is -2.49. The van der Waals surface area contributed by atoms with E-state index in [9.17, 15) is 31.6 Å². The predicted molar refractivity (Wildman–Crippen MR) is 253 cm³/mol. The molecule has 24 heteroatoms. The van der Waals surface area contributed by atoms with Gasteiger partial charge < -0.3 is 33.5 Å². The number of unbranched alkanes of at least 4 members (excludes halogenated alkanes) is 4. The zero-order valence-electron chi connectivity index (χ0n) is 38.9. The molecule has 70 heavy (non-hydrogen) atoms. The Bertz CT molecular complexity index is 3030. The van der Waals surface area contributed by atoms with Gasteiger partial charge in [0.15, 0.2) is 11.6 Å². The average Bonchev–Trinajstić information content (AvgIpc) is 3.75. The van der Waals surface area contributed by atoms with Crippen LogP contribution in [-0.4, -0.2) is 133 Å². The van der Waals surface area contributed by atoms with Gasteiger partial charge >= 0.3 is 11.7 Å². The highest BCUT2D eigenvalue weighted by molar-refractivity contribution is 7.90. The Kier molecular flexibility index (Phi) is 15.4. The van der Waals surface area contributed by atoms with Crippen molar-refractivity contribution in [3.8, 4) is 11.7 Å². The first-order chi connectivity index (χ1) is 33.7. The van der Waals surface area contributed by atoms with Gasteiger partial charge in [-0.25, -0.2) is 27.7 Å². The molecule has 4 aromatic heterocycles. The standard InChI is InChI=1S/C46H53F3N12O8S/c1-29-32-15-14-31(68-46(64)57(2)3)26-37(32)69-42(63)33(29)25-30-27-50-28-35(39(30)47)56-70(65,66)51-16-10-6-4-5-7-13-38(62)58-17-19-59(20-18-58)43-53-44(60-21-23-67-24-22-60)55-45(54-43)61-36-12-9-8-11-34(36)52-41(61)40(48)49/h8-9,11-12,14-15,26-28,40,51,56H,4-7,10,13,16-25H2,1-3H3. The summed E-state index contributed by atoms with van der Waals surface area (Å²) in [4.78, 5) is 67.3. The molecule has 0 unspecified atom stereocenters. The van der Waals surface area contributed by atoms with Crippen molar-refractivity contribution in [2.75, 3.05) is 87.6 Å². The highest BCUT2D eigenvalue weighted by atomic mass is 32.2. The molecule has 2 aliphatic heterocycles. The van der Waals surface area contributed by atoms with Gasteiger partial charge in [-0.2, -0.15) is 28.1 Å². The van der Waals surface area contributed by atoms with E-state index in [2.05, 4.69) is 29.4 Å². The third kappa shape index (κ3) is 11.6. The first kappa shape index (κ1) is 49.5. The number of morpholine rings is 1. The number of nitrogens with zero attached hydrogens (tertiary/aromatic N) is 10. The van der Waals surface area contributed by atoms with E-state index in [1.807, 2.05) is 9.80 Å². The summed E-state index contributed by atoms with van der Waals surface area (Å²) in [5.41, 5.74) is 0.502. The number of carbonyl (C=O) groups is 2. The molecule has 0 aliphatic carbocycles. The van der Waals surface area contributed by atoms with E-state index < -0.39 is 45.7 Å². The predicted octanol–water partition coefficient (Wildman–Crippen LogP) is 5.52. The SMILES string of the molecule is Cc1c(Cc2cncc(NS(=O)(=O)NCCCCCCCC(=O)N3CCN(c4nc(N5CCOCC5)nc(-n5c(C(F)F)nc6ccccc65)n4)CC3)c2F)c(=O)oc2cc(OC(=O)N(C)C)ccc12. The lowest BCUT2D eigenvalue weighted by molar-refractivity contribution is -0.131. The van der Waals surface area contributed by atoms with Crippen LogP contribution in [0.1, 0.15) is 67.5 Å². The van der Waals surface area contributed by atoms with Crippen molar-refractivity contribution in [3.63, 3.8) is 0 Å². The first-order valence-electron chi connectivity index (χ1n) is 22.9. The van der Waals surface area contributed by atoms with Crippen LogP contribution in [0.2, 0.25) is 0 Å². The number of carbonyl (C=O) groups excluding carboxylic acids is 2. The molecule has 20 nitrogen and oxygen atoms in total. The average molecular weight is 991 g/mol. The number of halogens is 3. The maximum absolute atomic E-state index is 15.7. The molecule has 2 fully saturated rings. The molecular formula is C46H53F3N12O8S. The van der Waals surface area contributed by atoms with E-state index in [0.29, 0.717) is 112 Å². The summed E-state index contributed by atoms with van der Waals surface area (Å²) in [7, 11) is -1.13. The topological polar surface area (TPSA) is 223 Å². The van der Waals surface area contributed by atoms with Crippen LogP contribution in [0.5, 0.6) is 5.75 Å². The summed E-state index contributed by atoms with van der Waals surface area (Å²) in [6.07, 6.45) is 2.23. The van der Waals surface area contributed by atoms with Crippen LogP contribution >= 0.6 is 0 Å². The molecule has 0 atom stereocenters. The Balaban J connectivity index is 0.778. The maximum atomic E-state index is 15.7. The number of pyridine rings is 1. The van der Waals surface area contributed by atoms with Crippen LogP contribution in [0.4, 0.5) is 35.5 Å². The number of piperazine rings is 1. The smallest absolute Gasteiger partial charge is 0.414 e. The normalized spacial score (nSPS) is 14.5. The fourth-order valence-electron chi connectivity index (χ4n) is 8.23. The van der Waals surface area contributed by atoms with Gasteiger partial charge in [0.25, 0.3) is 16.6 Å². The van der Waals surface area contributed by atoms with Gasteiger partial charge in [0, 0.05) is 102 Å². The van der Waals surface area contributed by atoms with Crippen molar-refractivity contribution in [1.82, 2.24) is 44.0 Å². The second kappa shape index (κ2) is 21.8. The number of para-hydroxylation sites is 2. The molecule has 0 spiro atoms. The molecule has 0 bridgehead atoms. The third-order valence-electron chi connectivity index (χ3n) is 12.0. The second-order valence-electron chi connectivity index (χ2n) is 17.1. The molecule has 372 valence electrons. The van der Waals surface area contributed by atoms with Crippen LogP contribution < -0.4 is 29.6 Å². The quantitative estimate of drug-likeness (QED) is 0.0799. The molecule has 2 aliphatic rings. The van der Waals surface area contributed by atoms with Gasteiger partial charge in [-0.05, 0) is 49.6 Å². The molecule has 6 heterocycles. The Morgan fingerprint density at radius 1 is 0.871 bits per heavy atom. The number of imidazole rings is 1. The fourth-order valence-corrected chi connectivity index (χ4v) is 9.15. The highest BCUT2D eigenvalue weighted by Gasteiger charge is 2.28. The highest BCUT2D eigenvalue weighted by Crippen LogP contribution is 2.30. The summed E-state index contributed by atoms with van der Waals surface area (Å²) in [6.45, 7) is 5.44. The molecule has 0 saturated carbocycles. The van der Waals surface area contributed by atoms with Crippen LogP contribution in [0.15, 0.2) is 64.1 Å². The molecule has 2 amide bonds. The number of aryl methyl sites for hydroxylation is 1. The molecular weight excluding hydrogens is 938 g/mol. The van der Waals surface area contributed by atoms with E-state index in [-0.39, 0.29) is 47.3 Å². The van der Waals surface area contributed by atoms with Crippen molar-refractivity contribution < 1.29 is 45.1 Å². The van der Waals surface area contributed by atoms with E-state index in [1.165, 1.54) is 35.8 Å². The zero-order chi connectivity index (χ0) is 49.5. The minimum absolute atomic E-state index is 0.0110. The Morgan fingerprint density at radius 3 is 2.29 bits per heavy atom. The minimum atomic E-state index is -4.19. The number of nitrogens with one attached hydrogen (secondary N) is 2. The summed E-state index contributed by atoms with van der Waals surface area (Å²) >= 11 is 0. The number of anilines is 3. The summed E-state index contributed by atoms with van der Waals surface area (Å²) in [5.74, 6) is -0.490. The van der Waals surface area contributed by atoms with Gasteiger partial charge in [-0.3, -0.25) is 19.1 Å². The number of benzene rings is 2. The Hall–Kier alpha value is -6.92. The van der Waals surface area contributed by atoms with Gasteiger partial charge in [0.1, 0.15) is 17.0 Å². The summed E-state index contributed by atoms with van der Waals surface area (Å²) in [5, 5.41) is 0.541. The van der Waals surface area contributed by atoms with Gasteiger partial charge in [0.05, 0.1) is 30.4 Å². The van der Waals surface area contributed by atoms with Gasteiger partial charge in [-0.15, -0.1) is 0 Å². The maximum Gasteiger partial charge on any atom is 0.414 e. The fraction of sp³-hybridized carbons (Fsp3) is 0.435. The van der Waals surface area contributed by atoms with Gasteiger partial charge in [-0.1, -0.05) is 31.4 Å². The van der Waals surface area contributed by atoms with E-state index in [1.54, 1.807) is 48.2 Å². The van der Waals surface area contributed by atoms with E-state index in [4.69, 9.17) is 18.9 Å². The van der Waals surface area contributed by atoms with Crippen LogP contribution in [0.3, 0.4) is 0 Å². The van der Waals surface area contributed by atoms with Crippen molar-refractivity contribution in [1.29, 1.82) is 0 Å². The van der Waals surface area contributed by atoms with Crippen molar-refractivity contribution in [2.24, 2.45) is 0 Å². The van der Waals surface area contributed by atoms with E-state index in [0.717, 1.165) is 19.0 Å². The van der Waals surface area contributed by atoms with Crippen LogP contribution in [0, 0.1) is 12.7 Å². The Labute approximate surface area is 401 Å². The molecule has 2 aromatic carbocycles. The number of rotatable bonds is 18. The molecule has 2 saturated heterocycles. The number of hydrogen-bond acceptors (Lipinski definition) is 15. The number of aromatic nitrogens is 6. The van der Waals surface area contributed by atoms with Crippen LogP contribution in [0.25, 0.3) is 28.0 Å². The number of ether oxygens (including phenoxy) is 2. The lowest BCUT2D eigenvalue weighted by Gasteiger charge is -2.35. The molecule has 6 aromatic rings. The monoisotopic (exact) mass is 990 g/mol. The second-order valence-corrected chi connectivity index (χ2v) is 18.6. The summed E-state index contributed by atoms with van der Waals surface area (Å²) in [6, 6.07) is 11.4. The zero-order valence-corrected chi connectivity index (χ0v) is 39.7. The number of hydrogen-bond donors (Lipinski definition) is 2. The lowest BCUT2D eigenvalue weighted by atomic mass is 10.00. The van der Waals surface area contributed by atoms with Crippen molar-refractivity contribution >= 4 is 61.8 Å². The van der Waals surface area contributed by atoms with Crippen molar-refractivity contribution in [2.45, 2.75) is 58.3 Å². The van der Waals surface area contributed by atoms with E-state index >= 15 is 4.39 Å². The Morgan fingerprint density at radius 2 is 1.56 bits per heavy atom. The van der Waals surface area contributed by atoms with Crippen molar-refractivity contribution in [3.05, 3.63) is 93.6 Å². The first-order valence-corrected chi connectivity index (χ1v) is 24.4. The number of fused-ring (bicyclic) bond motifs is 2. The minimum Gasteiger partial charge on any atom is -0.422 e. The van der Waals surface area contributed by atoms with Gasteiger partial charge in [0.2, 0.25) is 23.8 Å². The molecule has 8 rings (SSSR count). The largest absolute Gasteiger partial charge is 0.422 e. The van der Waals surface area contributed by atoms with Crippen LogP contribution in [-0.2, 0) is 26.2 Å². The summed E-state index contributed by atoms with van der Waals surface area (Å²) < 4.78 is 92.3. The third-order valence-corrected chi connectivity index (χ3v) is 13.1. The number of alkyl halides is 2. The number of amides is 2. The molecule has 0 radical (unpaired) electrons. The molecule has 2 N–H and O–H groups in total.